The average molecular weight is 266 g/mol. The first-order valence-corrected chi connectivity index (χ1v) is 5.92. The Morgan fingerprint density at radius 1 is 1.17 bits per heavy atom. The molecule has 2 N–H and O–H groups in total. The van der Waals surface area contributed by atoms with Crippen LogP contribution in [0.5, 0.6) is 5.75 Å². The van der Waals surface area contributed by atoms with E-state index in [-0.39, 0.29) is 12.4 Å². The summed E-state index contributed by atoms with van der Waals surface area (Å²) in [6.45, 7) is 0.613. The van der Waals surface area contributed by atoms with Crippen molar-refractivity contribution in [2.24, 2.45) is 5.73 Å². The van der Waals surface area contributed by atoms with Gasteiger partial charge in [-0.2, -0.15) is 0 Å². The second kappa shape index (κ2) is 5.85. The second-order valence-electron chi connectivity index (χ2n) is 3.87. The maximum Gasteiger partial charge on any atom is 0.124 e. The van der Waals surface area contributed by atoms with Gasteiger partial charge < -0.3 is 10.5 Å². The van der Waals surface area contributed by atoms with Crippen molar-refractivity contribution in [3.8, 4) is 5.75 Å². The van der Waals surface area contributed by atoms with Gasteiger partial charge >= 0.3 is 0 Å². The van der Waals surface area contributed by atoms with Gasteiger partial charge in [0.05, 0.1) is 0 Å². The maximum atomic E-state index is 13.0. The van der Waals surface area contributed by atoms with E-state index in [9.17, 15) is 4.39 Å². The minimum Gasteiger partial charge on any atom is -0.489 e. The Bertz CT molecular complexity index is 545. The summed E-state index contributed by atoms with van der Waals surface area (Å²) in [5.41, 5.74) is 7.15. The third-order valence-electron chi connectivity index (χ3n) is 2.53. The zero-order valence-corrected chi connectivity index (χ0v) is 10.5. The fourth-order valence-electron chi connectivity index (χ4n) is 1.64. The Kier molecular flexibility index (Phi) is 4.18. The number of benzene rings is 2. The first-order chi connectivity index (χ1) is 8.69. The molecule has 0 saturated heterocycles. The molecular weight excluding hydrogens is 253 g/mol. The number of hydrogen-bond donors (Lipinski definition) is 1. The van der Waals surface area contributed by atoms with E-state index in [0.29, 0.717) is 22.9 Å². The van der Waals surface area contributed by atoms with Gasteiger partial charge in [-0.25, -0.2) is 4.39 Å². The van der Waals surface area contributed by atoms with Gasteiger partial charge in [-0.05, 0) is 35.9 Å². The third kappa shape index (κ3) is 3.22. The van der Waals surface area contributed by atoms with E-state index in [1.54, 1.807) is 12.1 Å². The van der Waals surface area contributed by atoms with Gasteiger partial charge in [0.2, 0.25) is 0 Å². The summed E-state index contributed by atoms with van der Waals surface area (Å²) in [4.78, 5) is 0. The molecule has 2 nitrogen and oxygen atoms in total. The van der Waals surface area contributed by atoms with Crippen molar-refractivity contribution in [2.75, 3.05) is 0 Å². The van der Waals surface area contributed by atoms with Crippen molar-refractivity contribution in [1.29, 1.82) is 0 Å². The predicted octanol–water partition coefficient (Wildman–Crippen LogP) is 3.52. The molecule has 0 bridgehead atoms. The lowest BCUT2D eigenvalue weighted by Crippen LogP contribution is -2.03. The molecule has 0 unspecified atom stereocenters. The summed E-state index contributed by atoms with van der Waals surface area (Å²) in [6, 6.07) is 11.7. The van der Waals surface area contributed by atoms with Crippen molar-refractivity contribution in [3.63, 3.8) is 0 Å². The van der Waals surface area contributed by atoms with E-state index in [0.717, 1.165) is 5.56 Å². The summed E-state index contributed by atoms with van der Waals surface area (Å²) >= 11 is 5.88. The van der Waals surface area contributed by atoms with Crippen molar-refractivity contribution >= 4 is 11.6 Å². The zero-order chi connectivity index (χ0) is 13.0. The Balaban J connectivity index is 2.10. The molecule has 0 fully saturated rings. The summed E-state index contributed by atoms with van der Waals surface area (Å²) in [5.74, 6) is 0.282. The Labute approximate surface area is 110 Å². The SMILES string of the molecule is NCc1cc(F)ccc1OCc1cccc(Cl)c1. The van der Waals surface area contributed by atoms with Crippen LogP contribution < -0.4 is 10.5 Å². The number of hydrogen-bond acceptors (Lipinski definition) is 2. The molecule has 0 aliphatic carbocycles. The molecule has 0 aliphatic heterocycles. The number of nitrogens with two attached hydrogens (primary N) is 1. The van der Waals surface area contributed by atoms with E-state index in [1.807, 2.05) is 18.2 Å². The van der Waals surface area contributed by atoms with Crippen LogP contribution in [-0.4, -0.2) is 0 Å². The molecule has 0 heterocycles. The van der Waals surface area contributed by atoms with Crippen LogP contribution in [0.1, 0.15) is 11.1 Å². The molecule has 4 heteroatoms. The lowest BCUT2D eigenvalue weighted by Gasteiger charge is -2.10. The zero-order valence-electron chi connectivity index (χ0n) is 9.70. The summed E-state index contributed by atoms with van der Waals surface area (Å²) in [5, 5.41) is 0.661. The summed E-state index contributed by atoms with van der Waals surface area (Å²) in [7, 11) is 0. The van der Waals surface area contributed by atoms with Crippen LogP contribution in [0.2, 0.25) is 5.02 Å². The molecule has 2 aromatic carbocycles. The Morgan fingerprint density at radius 2 is 2.00 bits per heavy atom. The number of halogens is 2. The molecule has 18 heavy (non-hydrogen) atoms. The van der Waals surface area contributed by atoms with Crippen LogP contribution in [0.15, 0.2) is 42.5 Å². The molecule has 0 amide bonds. The molecular formula is C14H13ClFNO. The van der Waals surface area contributed by atoms with Gasteiger partial charge in [0.15, 0.2) is 0 Å². The number of ether oxygens (including phenoxy) is 1. The molecule has 0 atom stereocenters. The van der Waals surface area contributed by atoms with Gasteiger partial charge in [-0.3, -0.25) is 0 Å². The molecule has 0 aliphatic rings. The molecule has 2 aromatic rings. The lowest BCUT2D eigenvalue weighted by atomic mass is 10.2. The minimum absolute atomic E-state index is 0.239. The minimum atomic E-state index is -0.314. The van der Waals surface area contributed by atoms with E-state index in [1.165, 1.54) is 12.1 Å². The fourth-order valence-corrected chi connectivity index (χ4v) is 1.85. The maximum absolute atomic E-state index is 13.0. The van der Waals surface area contributed by atoms with Crippen LogP contribution in [0, 0.1) is 5.82 Å². The second-order valence-corrected chi connectivity index (χ2v) is 4.31. The topological polar surface area (TPSA) is 35.2 Å². The molecule has 0 radical (unpaired) electrons. The lowest BCUT2D eigenvalue weighted by molar-refractivity contribution is 0.302. The quantitative estimate of drug-likeness (QED) is 0.918. The summed E-state index contributed by atoms with van der Waals surface area (Å²) < 4.78 is 18.6. The van der Waals surface area contributed by atoms with Gasteiger partial charge in [-0.15, -0.1) is 0 Å². The predicted molar refractivity (Wildman–Crippen MR) is 70.1 cm³/mol. The highest BCUT2D eigenvalue weighted by Crippen LogP contribution is 2.21. The largest absolute Gasteiger partial charge is 0.489 e. The first-order valence-electron chi connectivity index (χ1n) is 5.55. The molecule has 94 valence electrons. The molecule has 0 spiro atoms. The summed E-state index contributed by atoms with van der Waals surface area (Å²) in [6.07, 6.45) is 0. The van der Waals surface area contributed by atoms with Crippen molar-refractivity contribution in [3.05, 3.63) is 64.4 Å². The fraction of sp³-hybridized carbons (Fsp3) is 0.143. The highest BCUT2D eigenvalue weighted by molar-refractivity contribution is 6.30. The molecule has 0 aromatic heterocycles. The van der Waals surface area contributed by atoms with Gasteiger partial charge in [0.25, 0.3) is 0 Å². The molecule has 2 rings (SSSR count). The van der Waals surface area contributed by atoms with E-state index >= 15 is 0 Å². The van der Waals surface area contributed by atoms with Crippen molar-refractivity contribution < 1.29 is 9.13 Å². The van der Waals surface area contributed by atoms with E-state index in [2.05, 4.69) is 0 Å². The smallest absolute Gasteiger partial charge is 0.124 e. The standard InChI is InChI=1S/C14H13ClFNO/c15-12-3-1-2-10(6-12)9-18-14-5-4-13(16)7-11(14)8-17/h1-7H,8-9,17H2. The number of rotatable bonds is 4. The first kappa shape index (κ1) is 12.9. The molecule has 0 saturated carbocycles. The van der Waals surface area contributed by atoms with Crippen molar-refractivity contribution in [1.82, 2.24) is 0 Å². The Hall–Kier alpha value is -1.58. The van der Waals surface area contributed by atoms with Crippen molar-refractivity contribution in [2.45, 2.75) is 13.2 Å². The monoisotopic (exact) mass is 265 g/mol. The van der Waals surface area contributed by atoms with E-state index < -0.39 is 0 Å². The third-order valence-corrected chi connectivity index (χ3v) is 2.76. The van der Waals surface area contributed by atoms with Gasteiger partial charge in [0.1, 0.15) is 18.2 Å². The highest BCUT2D eigenvalue weighted by Gasteiger charge is 2.04. The van der Waals surface area contributed by atoms with Crippen LogP contribution in [0.3, 0.4) is 0 Å². The van der Waals surface area contributed by atoms with Crippen LogP contribution in [0.25, 0.3) is 0 Å². The van der Waals surface area contributed by atoms with E-state index in [4.69, 9.17) is 22.1 Å². The van der Waals surface area contributed by atoms with Crippen LogP contribution >= 0.6 is 11.6 Å². The van der Waals surface area contributed by atoms with Gasteiger partial charge in [-0.1, -0.05) is 23.7 Å². The van der Waals surface area contributed by atoms with Crippen LogP contribution in [0.4, 0.5) is 4.39 Å². The van der Waals surface area contributed by atoms with Gasteiger partial charge in [0, 0.05) is 17.1 Å². The Morgan fingerprint density at radius 3 is 2.72 bits per heavy atom. The average Bonchev–Trinajstić information content (AvgIpc) is 2.37. The normalized spacial score (nSPS) is 10.4. The van der Waals surface area contributed by atoms with Crippen LogP contribution in [-0.2, 0) is 13.2 Å². The highest BCUT2D eigenvalue weighted by atomic mass is 35.5.